The summed E-state index contributed by atoms with van der Waals surface area (Å²) in [5, 5.41) is 9.20. The summed E-state index contributed by atoms with van der Waals surface area (Å²) in [5.41, 5.74) is 4.84. The van der Waals surface area contributed by atoms with Crippen LogP contribution in [0.2, 0.25) is 0 Å². The van der Waals surface area contributed by atoms with Crippen LogP contribution >= 0.6 is 12.4 Å². The van der Waals surface area contributed by atoms with Crippen molar-refractivity contribution in [1.82, 2.24) is 4.90 Å². The van der Waals surface area contributed by atoms with Crippen molar-refractivity contribution >= 4 is 18.3 Å². The summed E-state index contributed by atoms with van der Waals surface area (Å²) in [5.74, 6) is -6.80. The normalized spacial score (nSPS) is 18.0. The number of phenols is 1. The van der Waals surface area contributed by atoms with Crippen molar-refractivity contribution in [2.75, 3.05) is 13.1 Å². The van der Waals surface area contributed by atoms with Gasteiger partial charge < -0.3 is 15.7 Å². The van der Waals surface area contributed by atoms with Gasteiger partial charge in [-0.2, -0.15) is 4.39 Å². The Morgan fingerprint density at radius 3 is 2.64 bits per heavy atom. The lowest BCUT2D eigenvalue weighted by Gasteiger charge is -2.35. The lowest BCUT2D eigenvalue weighted by molar-refractivity contribution is 0.0598. The maximum absolute atomic E-state index is 13.8. The van der Waals surface area contributed by atoms with E-state index in [2.05, 4.69) is 0 Å². The molecule has 1 aliphatic heterocycles. The molecule has 1 heterocycles. The monoisotopic (exact) mass is 338 g/mol. The molecule has 1 unspecified atom stereocenters. The number of piperidine rings is 1. The number of carbonyl (C=O) groups excluding carboxylic acids is 1. The highest BCUT2D eigenvalue weighted by atomic mass is 35.5. The maximum Gasteiger partial charge on any atom is 0.257 e. The van der Waals surface area contributed by atoms with E-state index in [-0.39, 0.29) is 18.4 Å². The molecule has 4 nitrogen and oxygen atoms in total. The molecular weight excluding hydrogens is 321 g/mol. The van der Waals surface area contributed by atoms with Gasteiger partial charge in [-0.05, 0) is 38.3 Å². The van der Waals surface area contributed by atoms with Gasteiger partial charge in [0.15, 0.2) is 17.4 Å². The van der Waals surface area contributed by atoms with Crippen LogP contribution in [-0.2, 0) is 0 Å². The van der Waals surface area contributed by atoms with Gasteiger partial charge in [-0.3, -0.25) is 4.79 Å². The number of hydrogen-bond acceptors (Lipinski definition) is 3. The van der Waals surface area contributed by atoms with E-state index in [1.54, 1.807) is 0 Å². The van der Waals surface area contributed by atoms with E-state index in [1.807, 2.05) is 0 Å². The van der Waals surface area contributed by atoms with Gasteiger partial charge in [0, 0.05) is 12.6 Å². The maximum atomic E-state index is 13.8. The van der Waals surface area contributed by atoms with Crippen molar-refractivity contribution in [3.05, 3.63) is 29.1 Å². The summed E-state index contributed by atoms with van der Waals surface area (Å²) in [7, 11) is 0. The number of halogens is 4. The zero-order valence-electron chi connectivity index (χ0n) is 11.8. The van der Waals surface area contributed by atoms with Crippen molar-refractivity contribution < 1.29 is 23.1 Å². The zero-order valence-corrected chi connectivity index (χ0v) is 12.6. The van der Waals surface area contributed by atoms with Crippen molar-refractivity contribution in [2.45, 2.75) is 31.7 Å². The Labute approximate surface area is 132 Å². The van der Waals surface area contributed by atoms with Crippen LogP contribution in [0.1, 0.15) is 36.0 Å². The summed E-state index contributed by atoms with van der Waals surface area (Å²) in [6, 6.07) is 0.340. The molecule has 0 spiro atoms. The molecule has 1 amide bonds. The first-order chi connectivity index (χ1) is 9.97. The van der Waals surface area contributed by atoms with Crippen molar-refractivity contribution in [1.29, 1.82) is 0 Å². The van der Waals surface area contributed by atoms with Crippen LogP contribution in [0.25, 0.3) is 0 Å². The van der Waals surface area contributed by atoms with E-state index in [0.29, 0.717) is 25.6 Å². The summed E-state index contributed by atoms with van der Waals surface area (Å²) in [6.07, 6.45) is 2.98. The first kappa shape index (κ1) is 18.6. The first-order valence-corrected chi connectivity index (χ1v) is 6.84. The average Bonchev–Trinajstić information content (AvgIpc) is 2.49. The van der Waals surface area contributed by atoms with E-state index < -0.39 is 34.7 Å². The SMILES string of the molecule is Cl.NCCC1CCCCN1C(=O)c1cc(F)c(F)c(O)c1F. The fourth-order valence-electron chi connectivity index (χ4n) is 2.66. The van der Waals surface area contributed by atoms with Gasteiger partial charge in [0.25, 0.3) is 5.91 Å². The number of phenolic OH excluding ortho intramolecular Hbond substituents is 1. The largest absolute Gasteiger partial charge is 0.503 e. The molecule has 0 radical (unpaired) electrons. The summed E-state index contributed by atoms with van der Waals surface area (Å²) in [4.78, 5) is 13.8. The van der Waals surface area contributed by atoms with E-state index in [1.165, 1.54) is 4.90 Å². The second kappa shape index (κ2) is 7.69. The zero-order chi connectivity index (χ0) is 15.6. The van der Waals surface area contributed by atoms with Crippen LogP contribution in [-0.4, -0.2) is 35.0 Å². The summed E-state index contributed by atoms with van der Waals surface area (Å²) in [6.45, 7) is 0.780. The number of nitrogens with zero attached hydrogens (tertiary/aromatic N) is 1. The lowest BCUT2D eigenvalue weighted by atomic mass is 9.98. The van der Waals surface area contributed by atoms with Gasteiger partial charge in [0.1, 0.15) is 0 Å². The highest BCUT2D eigenvalue weighted by Gasteiger charge is 2.31. The molecule has 0 bridgehead atoms. The lowest BCUT2D eigenvalue weighted by Crippen LogP contribution is -2.45. The van der Waals surface area contributed by atoms with Gasteiger partial charge in [-0.25, -0.2) is 8.78 Å². The molecule has 1 atom stereocenters. The number of nitrogens with two attached hydrogens (primary N) is 1. The molecule has 3 N–H and O–H groups in total. The fraction of sp³-hybridized carbons (Fsp3) is 0.500. The average molecular weight is 339 g/mol. The molecule has 0 saturated carbocycles. The number of likely N-dealkylation sites (tertiary alicyclic amines) is 1. The Hall–Kier alpha value is -1.47. The van der Waals surface area contributed by atoms with Gasteiger partial charge in [-0.15, -0.1) is 12.4 Å². The van der Waals surface area contributed by atoms with Crippen LogP contribution in [0.15, 0.2) is 6.07 Å². The topological polar surface area (TPSA) is 66.6 Å². The van der Waals surface area contributed by atoms with Crippen LogP contribution in [0.3, 0.4) is 0 Å². The van der Waals surface area contributed by atoms with E-state index in [9.17, 15) is 23.1 Å². The number of carbonyl (C=O) groups is 1. The minimum atomic E-state index is -1.69. The van der Waals surface area contributed by atoms with Crippen molar-refractivity contribution in [3.8, 4) is 5.75 Å². The first-order valence-electron chi connectivity index (χ1n) is 6.84. The Kier molecular flexibility index (Phi) is 6.49. The molecule has 0 aliphatic carbocycles. The van der Waals surface area contributed by atoms with Crippen LogP contribution in [0.4, 0.5) is 13.2 Å². The molecule has 124 valence electrons. The second-order valence-corrected chi connectivity index (χ2v) is 5.11. The van der Waals surface area contributed by atoms with E-state index in [4.69, 9.17) is 5.73 Å². The smallest absolute Gasteiger partial charge is 0.257 e. The van der Waals surface area contributed by atoms with E-state index >= 15 is 0 Å². The second-order valence-electron chi connectivity index (χ2n) is 5.11. The van der Waals surface area contributed by atoms with Gasteiger partial charge in [0.05, 0.1) is 5.56 Å². The third kappa shape index (κ3) is 3.47. The molecule has 22 heavy (non-hydrogen) atoms. The molecule has 2 rings (SSSR count). The predicted octanol–water partition coefficient (Wildman–Crippen LogP) is 2.57. The molecule has 0 aromatic heterocycles. The highest BCUT2D eigenvalue weighted by molar-refractivity contribution is 5.95. The minimum absolute atomic E-state index is 0. The fourth-order valence-corrected chi connectivity index (χ4v) is 2.66. The van der Waals surface area contributed by atoms with Gasteiger partial charge in [0.2, 0.25) is 5.82 Å². The van der Waals surface area contributed by atoms with E-state index in [0.717, 1.165) is 19.3 Å². The Morgan fingerprint density at radius 2 is 2.00 bits per heavy atom. The Balaban J connectivity index is 0.00000242. The number of hydrogen-bond donors (Lipinski definition) is 2. The number of benzene rings is 1. The number of rotatable bonds is 3. The molecule has 8 heteroatoms. The highest BCUT2D eigenvalue weighted by Crippen LogP contribution is 2.29. The molecule has 1 aromatic carbocycles. The quantitative estimate of drug-likeness (QED) is 0.832. The number of aromatic hydroxyl groups is 1. The van der Waals surface area contributed by atoms with Crippen LogP contribution in [0.5, 0.6) is 5.75 Å². The molecule has 1 fully saturated rings. The third-order valence-electron chi connectivity index (χ3n) is 3.75. The Morgan fingerprint density at radius 1 is 1.32 bits per heavy atom. The summed E-state index contributed by atoms with van der Waals surface area (Å²) >= 11 is 0. The summed E-state index contributed by atoms with van der Waals surface area (Å²) < 4.78 is 40.2. The Bertz CT molecular complexity index is 555. The molecule has 1 saturated heterocycles. The number of amides is 1. The van der Waals surface area contributed by atoms with Crippen LogP contribution < -0.4 is 5.73 Å². The molecule has 1 aromatic rings. The van der Waals surface area contributed by atoms with Crippen molar-refractivity contribution in [3.63, 3.8) is 0 Å². The minimum Gasteiger partial charge on any atom is -0.503 e. The molecule has 1 aliphatic rings. The van der Waals surface area contributed by atoms with Crippen LogP contribution in [0, 0.1) is 17.5 Å². The molecular formula is C14H18ClF3N2O2. The predicted molar refractivity (Wildman–Crippen MR) is 77.6 cm³/mol. The third-order valence-corrected chi connectivity index (χ3v) is 3.75. The van der Waals surface area contributed by atoms with Gasteiger partial charge in [-0.1, -0.05) is 0 Å². The standard InChI is InChI=1S/C14H17F3N2O2.ClH/c15-10-7-9(11(16)13(20)12(10)17)14(21)19-6-2-1-3-8(19)4-5-18;/h7-8,20H,1-6,18H2;1H. The van der Waals surface area contributed by atoms with Gasteiger partial charge >= 0.3 is 0 Å². The van der Waals surface area contributed by atoms with Crippen molar-refractivity contribution in [2.24, 2.45) is 5.73 Å².